The fraction of sp³-hybridized carbons (Fsp3) is 0.0769. The molecular formula is C13H10FN3S. The van der Waals surface area contributed by atoms with Gasteiger partial charge in [-0.15, -0.1) is 11.3 Å². The molecule has 0 amide bonds. The SMILES string of the molecule is Cc1nc(-c2ccc(-n3cccn3)c(F)c2)cs1. The van der Waals surface area contributed by atoms with Gasteiger partial charge in [0.15, 0.2) is 0 Å². The Morgan fingerprint density at radius 1 is 1.33 bits per heavy atom. The Morgan fingerprint density at radius 2 is 2.22 bits per heavy atom. The van der Waals surface area contributed by atoms with Gasteiger partial charge in [-0.05, 0) is 25.1 Å². The smallest absolute Gasteiger partial charge is 0.149 e. The number of aromatic nitrogens is 3. The van der Waals surface area contributed by atoms with E-state index < -0.39 is 0 Å². The molecule has 2 heterocycles. The first-order chi connectivity index (χ1) is 8.74. The van der Waals surface area contributed by atoms with Crippen LogP contribution in [0, 0.1) is 12.7 Å². The molecule has 0 bridgehead atoms. The second kappa shape index (κ2) is 4.34. The molecule has 5 heteroatoms. The average Bonchev–Trinajstić information content (AvgIpc) is 2.99. The molecule has 2 aromatic heterocycles. The predicted molar refractivity (Wildman–Crippen MR) is 69.4 cm³/mol. The van der Waals surface area contributed by atoms with E-state index in [1.807, 2.05) is 18.4 Å². The number of hydrogen-bond donors (Lipinski definition) is 0. The lowest BCUT2D eigenvalue weighted by Crippen LogP contribution is -1.98. The van der Waals surface area contributed by atoms with E-state index in [4.69, 9.17) is 0 Å². The summed E-state index contributed by atoms with van der Waals surface area (Å²) in [6.07, 6.45) is 3.34. The van der Waals surface area contributed by atoms with Crippen LogP contribution >= 0.6 is 11.3 Å². The summed E-state index contributed by atoms with van der Waals surface area (Å²) in [5.74, 6) is -0.304. The highest BCUT2D eigenvalue weighted by Gasteiger charge is 2.08. The molecule has 0 N–H and O–H groups in total. The zero-order valence-corrected chi connectivity index (χ0v) is 10.5. The summed E-state index contributed by atoms with van der Waals surface area (Å²) in [6, 6.07) is 6.82. The molecule has 0 aliphatic rings. The second-order valence-electron chi connectivity index (χ2n) is 3.87. The second-order valence-corrected chi connectivity index (χ2v) is 4.93. The van der Waals surface area contributed by atoms with Crippen molar-refractivity contribution in [1.82, 2.24) is 14.8 Å². The molecule has 3 nitrogen and oxygen atoms in total. The minimum atomic E-state index is -0.304. The third-order valence-corrected chi connectivity index (χ3v) is 3.39. The first kappa shape index (κ1) is 11.1. The van der Waals surface area contributed by atoms with Crippen LogP contribution in [0.4, 0.5) is 4.39 Å². The first-order valence-corrected chi connectivity index (χ1v) is 6.34. The summed E-state index contributed by atoms with van der Waals surface area (Å²) in [4.78, 5) is 4.34. The Hall–Kier alpha value is -2.01. The first-order valence-electron chi connectivity index (χ1n) is 5.46. The van der Waals surface area contributed by atoms with E-state index in [1.54, 1.807) is 35.9 Å². The van der Waals surface area contributed by atoms with Gasteiger partial charge in [0.05, 0.1) is 10.7 Å². The lowest BCUT2D eigenvalue weighted by molar-refractivity contribution is 0.611. The van der Waals surface area contributed by atoms with Gasteiger partial charge in [-0.1, -0.05) is 6.07 Å². The molecule has 0 aliphatic heterocycles. The van der Waals surface area contributed by atoms with Crippen LogP contribution in [-0.2, 0) is 0 Å². The minimum absolute atomic E-state index is 0.304. The van der Waals surface area contributed by atoms with Gasteiger partial charge in [-0.25, -0.2) is 14.1 Å². The van der Waals surface area contributed by atoms with Crippen molar-refractivity contribution in [2.24, 2.45) is 0 Å². The summed E-state index contributed by atoms with van der Waals surface area (Å²) in [5.41, 5.74) is 2.03. The standard InChI is InChI=1S/C13H10FN3S/c1-9-16-12(8-18-9)10-3-4-13(11(14)7-10)17-6-2-5-15-17/h2-8H,1H3. The van der Waals surface area contributed by atoms with E-state index in [2.05, 4.69) is 10.1 Å². The monoisotopic (exact) mass is 259 g/mol. The fourth-order valence-corrected chi connectivity index (χ4v) is 2.38. The van der Waals surface area contributed by atoms with Crippen LogP contribution in [0.3, 0.4) is 0 Å². The quantitative estimate of drug-likeness (QED) is 0.705. The van der Waals surface area contributed by atoms with Gasteiger partial charge in [0.2, 0.25) is 0 Å². The molecule has 0 unspecified atom stereocenters. The van der Waals surface area contributed by atoms with Crippen molar-refractivity contribution in [2.75, 3.05) is 0 Å². The highest BCUT2D eigenvalue weighted by molar-refractivity contribution is 7.09. The molecule has 0 saturated heterocycles. The number of hydrogen-bond acceptors (Lipinski definition) is 3. The summed E-state index contributed by atoms with van der Waals surface area (Å²) < 4.78 is 15.5. The Kier molecular flexibility index (Phi) is 2.68. The Balaban J connectivity index is 2.04. The van der Waals surface area contributed by atoms with Crippen LogP contribution in [0.5, 0.6) is 0 Å². The van der Waals surface area contributed by atoms with Gasteiger partial charge in [-0.3, -0.25) is 0 Å². The summed E-state index contributed by atoms with van der Waals surface area (Å²) in [7, 11) is 0. The normalized spacial score (nSPS) is 10.8. The van der Waals surface area contributed by atoms with E-state index in [9.17, 15) is 4.39 Å². The summed E-state index contributed by atoms with van der Waals surface area (Å²) >= 11 is 1.56. The van der Waals surface area contributed by atoms with Crippen LogP contribution < -0.4 is 0 Å². The highest BCUT2D eigenvalue weighted by atomic mass is 32.1. The van der Waals surface area contributed by atoms with E-state index in [-0.39, 0.29) is 5.82 Å². The maximum absolute atomic E-state index is 14.0. The topological polar surface area (TPSA) is 30.7 Å². The summed E-state index contributed by atoms with van der Waals surface area (Å²) in [5, 5.41) is 6.92. The van der Waals surface area contributed by atoms with Crippen LogP contribution in [0.1, 0.15) is 5.01 Å². The zero-order valence-electron chi connectivity index (χ0n) is 9.67. The number of benzene rings is 1. The Morgan fingerprint density at radius 3 is 2.83 bits per heavy atom. The lowest BCUT2D eigenvalue weighted by atomic mass is 10.1. The Labute approximate surface area is 108 Å². The lowest BCUT2D eigenvalue weighted by Gasteiger charge is -2.04. The molecular weight excluding hydrogens is 249 g/mol. The fourth-order valence-electron chi connectivity index (χ4n) is 1.76. The van der Waals surface area contributed by atoms with Crippen LogP contribution in [0.15, 0.2) is 42.0 Å². The number of rotatable bonds is 2. The van der Waals surface area contributed by atoms with Crippen molar-refractivity contribution in [2.45, 2.75) is 6.92 Å². The minimum Gasteiger partial charge on any atom is -0.242 e. The number of halogens is 1. The van der Waals surface area contributed by atoms with Crippen molar-refractivity contribution in [3.8, 4) is 16.9 Å². The molecule has 0 spiro atoms. The van der Waals surface area contributed by atoms with Gasteiger partial charge < -0.3 is 0 Å². The van der Waals surface area contributed by atoms with Crippen molar-refractivity contribution in [3.63, 3.8) is 0 Å². The third-order valence-electron chi connectivity index (χ3n) is 2.61. The average molecular weight is 259 g/mol. The van der Waals surface area contributed by atoms with Crippen LogP contribution in [0.2, 0.25) is 0 Å². The Bertz CT molecular complexity index is 673. The predicted octanol–water partition coefficient (Wildman–Crippen LogP) is 3.44. The number of nitrogens with zero attached hydrogens (tertiary/aromatic N) is 3. The van der Waals surface area contributed by atoms with E-state index in [0.29, 0.717) is 5.69 Å². The molecule has 90 valence electrons. The largest absolute Gasteiger partial charge is 0.242 e. The molecule has 3 rings (SSSR count). The third kappa shape index (κ3) is 1.93. The van der Waals surface area contributed by atoms with Crippen molar-refractivity contribution in [3.05, 3.63) is 52.9 Å². The molecule has 3 aromatic rings. The molecule has 18 heavy (non-hydrogen) atoms. The maximum atomic E-state index is 14.0. The molecule has 0 atom stereocenters. The van der Waals surface area contributed by atoms with Gasteiger partial charge in [0, 0.05) is 23.3 Å². The summed E-state index contributed by atoms with van der Waals surface area (Å²) in [6.45, 7) is 1.93. The molecule has 0 fully saturated rings. The number of aryl methyl sites for hydroxylation is 1. The van der Waals surface area contributed by atoms with Gasteiger partial charge >= 0.3 is 0 Å². The van der Waals surface area contributed by atoms with E-state index in [1.165, 1.54) is 10.7 Å². The molecule has 0 aliphatic carbocycles. The molecule has 0 saturated carbocycles. The zero-order chi connectivity index (χ0) is 12.5. The van der Waals surface area contributed by atoms with Gasteiger partial charge in [-0.2, -0.15) is 5.10 Å². The van der Waals surface area contributed by atoms with Crippen LogP contribution in [-0.4, -0.2) is 14.8 Å². The van der Waals surface area contributed by atoms with E-state index >= 15 is 0 Å². The van der Waals surface area contributed by atoms with Crippen LogP contribution in [0.25, 0.3) is 16.9 Å². The van der Waals surface area contributed by atoms with Gasteiger partial charge in [0.25, 0.3) is 0 Å². The van der Waals surface area contributed by atoms with Crippen molar-refractivity contribution < 1.29 is 4.39 Å². The number of thiazole rings is 1. The molecule has 0 radical (unpaired) electrons. The maximum Gasteiger partial charge on any atom is 0.149 e. The van der Waals surface area contributed by atoms with Crippen molar-refractivity contribution >= 4 is 11.3 Å². The van der Waals surface area contributed by atoms with Crippen molar-refractivity contribution in [1.29, 1.82) is 0 Å². The van der Waals surface area contributed by atoms with Gasteiger partial charge in [0.1, 0.15) is 11.5 Å². The highest BCUT2D eigenvalue weighted by Crippen LogP contribution is 2.24. The van der Waals surface area contributed by atoms with E-state index in [0.717, 1.165) is 16.3 Å². The molecule has 1 aromatic carbocycles.